The molecule has 1 aromatic heterocycles. The number of aromatic amines is 1. The van der Waals surface area contributed by atoms with Crippen molar-refractivity contribution in [3.05, 3.63) is 52.4 Å². The maximum absolute atomic E-state index is 14.7. The van der Waals surface area contributed by atoms with Crippen molar-refractivity contribution in [2.24, 2.45) is 0 Å². The van der Waals surface area contributed by atoms with Crippen molar-refractivity contribution in [2.45, 2.75) is 24.2 Å². The van der Waals surface area contributed by atoms with Crippen molar-refractivity contribution >= 4 is 51.7 Å². The zero-order valence-corrected chi connectivity index (χ0v) is 17.8. The van der Waals surface area contributed by atoms with Crippen molar-refractivity contribution in [3.63, 3.8) is 0 Å². The highest BCUT2D eigenvalue weighted by Gasteiger charge is 2.13. The quantitative estimate of drug-likeness (QED) is 0.248. The molecule has 4 nitrogen and oxygen atoms in total. The van der Waals surface area contributed by atoms with Crippen molar-refractivity contribution in [2.75, 3.05) is 24.9 Å². The second kappa shape index (κ2) is 10.3. The first-order chi connectivity index (χ1) is 13.6. The summed E-state index contributed by atoms with van der Waals surface area (Å²) >= 11 is 13.6. The lowest BCUT2D eigenvalue weighted by Gasteiger charge is -2.11. The van der Waals surface area contributed by atoms with Crippen LogP contribution in [0.15, 0.2) is 41.4 Å². The van der Waals surface area contributed by atoms with Crippen molar-refractivity contribution < 1.29 is 9.13 Å². The highest BCUT2D eigenvalue weighted by Crippen LogP contribution is 2.37. The minimum Gasteiger partial charge on any atom is -0.490 e. The van der Waals surface area contributed by atoms with Gasteiger partial charge in [0.05, 0.1) is 32.8 Å². The van der Waals surface area contributed by atoms with Gasteiger partial charge in [-0.1, -0.05) is 29.3 Å². The minimum atomic E-state index is -0.370. The molecule has 0 atom stereocenters. The van der Waals surface area contributed by atoms with Gasteiger partial charge in [0, 0.05) is 11.6 Å². The minimum absolute atomic E-state index is 0.268. The molecular formula is C20H22Cl2FN3OS. The molecule has 3 rings (SSSR count). The van der Waals surface area contributed by atoms with E-state index < -0.39 is 0 Å². The number of halogens is 3. The number of aromatic nitrogens is 1. The van der Waals surface area contributed by atoms with Gasteiger partial charge in [-0.25, -0.2) is 4.39 Å². The highest BCUT2D eigenvalue weighted by molar-refractivity contribution is 8.00. The molecular weight excluding hydrogens is 420 g/mol. The Balaban J connectivity index is 1.63. The van der Waals surface area contributed by atoms with Gasteiger partial charge in [0.15, 0.2) is 11.6 Å². The molecule has 1 heterocycles. The number of anilines is 1. The number of hydrogen-bond donors (Lipinski definition) is 3. The van der Waals surface area contributed by atoms with Crippen molar-refractivity contribution in [1.29, 1.82) is 0 Å². The van der Waals surface area contributed by atoms with Gasteiger partial charge in [0.2, 0.25) is 0 Å². The molecule has 0 aliphatic rings. The summed E-state index contributed by atoms with van der Waals surface area (Å²) in [4.78, 5) is 3.55. The van der Waals surface area contributed by atoms with E-state index in [-0.39, 0.29) is 11.6 Å². The van der Waals surface area contributed by atoms with Crippen molar-refractivity contribution in [3.8, 4) is 5.75 Å². The molecule has 0 amide bonds. The molecule has 0 aliphatic heterocycles. The van der Waals surface area contributed by atoms with E-state index in [4.69, 9.17) is 27.9 Å². The standard InChI is InChI=1S/C20H22Cl2FN3OS/c1-24-10-3-2-4-11-27-16-6-5-7-17(19(16)23)28-26-15-9-8-13(21)18-14(22)12-25-20(15)18/h5-9,12,24-26H,2-4,10-11H2,1H3. The summed E-state index contributed by atoms with van der Waals surface area (Å²) in [6.07, 6.45) is 4.71. The fraction of sp³-hybridized carbons (Fsp3) is 0.300. The van der Waals surface area contributed by atoms with Crippen LogP contribution in [0.4, 0.5) is 10.1 Å². The van der Waals surface area contributed by atoms with E-state index in [1.807, 2.05) is 13.1 Å². The number of unbranched alkanes of at least 4 members (excludes halogenated alkanes) is 2. The number of hydrogen-bond acceptors (Lipinski definition) is 4. The highest BCUT2D eigenvalue weighted by atomic mass is 35.5. The molecule has 0 aliphatic carbocycles. The van der Waals surface area contributed by atoms with Gasteiger partial charge in [0.1, 0.15) is 0 Å². The molecule has 0 unspecified atom stereocenters. The number of rotatable bonds is 10. The number of H-pyrrole nitrogens is 1. The Morgan fingerprint density at radius 1 is 1.11 bits per heavy atom. The summed E-state index contributed by atoms with van der Waals surface area (Å²) in [6.45, 7) is 1.48. The predicted molar refractivity (Wildman–Crippen MR) is 117 cm³/mol. The molecule has 0 radical (unpaired) electrons. The summed E-state index contributed by atoms with van der Waals surface area (Å²) in [5, 5.41) is 4.96. The van der Waals surface area contributed by atoms with Crippen LogP contribution in [0.5, 0.6) is 5.75 Å². The zero-order valence-electron chi connectivity index (χ0n) is 15.5. The van der Waals surface area contributed by atoms with Crippen LogP contribution in [0.1, 0.15) is 19.3 Å². The van der Waals surface area contributed by atoms with Crippen LogP contribution in [0.2, 0.25) is 10.0 Å². The van der Waals surface area contributed by atoms with Crippen LogP contribution in [0.25, 0.3) is 10.9 Å². The first-order valence-corrected chi connectivity index (χ1v) is 10.6. The topological polar surface area (TPSA) is 49.1 Å². The first kappa shape index (κ1) is 21.1. The van der Waals surface area contributed by atoms with E-state index in [0.717, 1.165) is 42.4 Å². The van der Waals surface area contributed by atoms with Crippen LogP contribution in [0.3, 0.4) is 0 Å². The third-order valence-corrected chi connectivity index (χ3v) is 5.73. The molecule has 2 aromatic carbocycles. The molecule has 0 bridgehead atoms. The van der Waals surface area contributed by atoms with E-state index in [1.54, 1.807) is 30.5 Å². The van der Waals surface area contributed by atoms with Crippen LogP contribution in [0, 0.1) is 5.82 Å². The maximum atomic E-state index is 14.7. The van der Waals surface area contributed by atoms with Crippen LogP contribution in [-0.2, 0) is 0 Å². The molecule has 8 heteroatoms. The number of fused-ring (bicyclic) bond motifs is 1. The van der Waals surface area contributed by atoms with Crippen molar-refractivity contribution in [1.82, 2.24) is 10.3 Å². The fourth-order valence-electron chi connectivity index (χ4n) is 2.81. The normalized spacial score (nSPS) is 11.1. The average Bonchev–Trinajstić information content (AvgIpc) is 3.09. The van der Waals surface area contributed by atoms with Gasteiger partial charge in [-0.15, -0.1) is 0 Å². The van der Waals surface area contributed by atoms with E-state index in [1.165, 1.54) is 11.9 Å². The molecule has 3 N–H and O–H groups in total. The Morgan fingerprint density at radius 2 is 1.96 bits per heavy atom. The lowest BCUT2D eigenvalue weighted by molar-refractivity contribution is 0.288. The lowest BCUT2D eigenvalue weighted by atomic mass is 10.2. The van der Waals surface area contributed by atoms with Gasteiger partial charge < -0.3 is 19.8 Å². The van der Waals surface area contributed by atoms with E-state index in [9.17, 15) is 4.39 Å². The van der Waals surface area contributed by atoms with Crippen LogP contribution in [-0.4, -0.2) is 25.2 Å². The van der Waals surface area contributed by atoms with E-state index in [2.05, 4.69) is 15.0 Å². The third kappa shape index (κ3) is 5.06. The molecule has 0 fully saturated rings. The summed E-state index contributed by atoms with van der Waals surface area (Å²) in [5.41, 5.74) is 1.55. The second-order valence-corrected chi connectivity index (χ2v) is 7.93. The van der Waals surface area contributed by atoms with Crippen LogP contribution < -0.4 is 14.8 Å². The zero-order chi connectivity index (χ0) is 19.9. The smallest absolute Gasteiger partial charge is 0.180 e. The second-order valence-electron chi connectivity index (χ2n) is 6.27. The monoisotopic (exact) mass is 441 g/mol. The molecule has 0 spiro atoms. The Kier molecular flexibility index (Phi) is 7.73. The third-order valence-electron chi connectivity index (χ3n) is 4.26. The Labute approximate surface area is 178 Å². The molecule has 0 saturated heterocycles. The fourth-order valence-corrected chi connectivity index (χ4v) is 4.09. The first-order valence-electron chi connectivity index (χ1n) is 9.05. The van der Waals surface area contributed by atoms with Gasteiger partial charge in [-0.3, -0.25) is 0 Å². The maximum Gasteiger partial charge on any atom is 0.180 e. The lowest BCUT2D eigenvalue weighted by Crippen LogP contribution is -2.08. The molecule has 3 aromatic rings. The van der Waals surface area contributed by atoms with E-state index in [0.29, 0.717) is 21.5 Å². The van der Waals surface area contributed by atoms with Gasteiger partial charge in [-0.2, -0.15) is 0 Å². The Morgan fingerprint density at radius 3 is 2.79 bits per heavy atom. The molecule has 28 heavy (non-hydrogen) atoms. The number of ether oxygens (including phenoxy) is 1. The van der Waals surface area contributed by atoms with Gasteiger partial charge in [0.25, 0.3) is 0 Å². The summed E-state index contributed by atoms with van der Waals surface area (Å²) in [7, 11) is 1.93. The molecule has 150 valence electrons. The molecule has 0 saturated carbocycles. The number of nitrogens with one attached hydrogen (secondary N) is 3. The predicted octanol–water partition coefficient (Wildman–Crippen LogP) is 6.50. The SMILES string of the molecule is CNCCCCCOc1cccc(SNc2ccc(Cl)c3c(Cl)c[nH]c23)c1F. The van der Waals surface area contributed by atoms with Gasteiger partial charge in [-0.05, 0) is 69.1 Å². The average molecular weight is 442 g/mol. The van der Waals surface area contributed by atoms with Gasteiger partial charge >= 0.3 is 0 Å². The number of benzene rings is 2. The summed E-state index contributed by atoms with van der Waals surface area (Å²) in [5.74, 6) is -0.102. The van der Waals surface area contributed by atoms with Crippen LogP contribution >= 0.6 is 35.1 Å². The van der Waals surface area contributed by atoms with E-state index >= 15 is 0 Å². The Hall–Kier alpha value is -1.60. The Bertz CT molecular complexity index is 935. The largest absolute Gasteiger partial charge is 0.490 e. The summed E-state index contributed by atoms with van der Waals surface area (Å²) < 4.78 is 23.5. The summed E-state index contributed by atoms with van der Waals surface area (Å²) in [6, 6.07) is 8.73.